The summed E-state index contributed by atoms with van der Waals surface area (Å²) < 4.78 is 0. The molecule has 0 radical (unpaired) electrons. The highest BCUT2D eigenvalue weighted by Crippen LogP contribution is 2.30. The molecular weight excluding hydrogens is 268 g/mol. The SMILES string of the molecule is Clc1cc2c(Cl)nnc(Cl)c2nc1Cl. The minimum Gasteiger partial charge on any atom is -0.231 e. The van der Waals surface area contributed by atoms with Crippen LogP contribution in [0.15, 0.2) is 6.07 Å². The lowest BCUT2D eigenvalue weighted by Crippen LogP contribution is -1.90. The summed E-state index contributed by atoms with van der Waals surface area (Å²) in [4.78, 5) is 3.95. The van der Waals surface area contributed by atoms with E-state index >= 15 is 0 Å². The van der Waals surface area contributed by atoms with E-state index < -0.39 is 0 Å². The van der Waals surface area contributed by atoms with Crippen molar-refractivity contribution in [2.45, 2.75) is 0 Å². The molecule has 2 aromatic rings. The zero-order valence-electron chi connectivity index (χ0n) is 6.43. The van der Waals surface area contributed by atoms with E-state index in [0.29, 0.717) is 15.9 Å². The highest BCUT2D eigenvalue weighted by molar-refractivity contribution is 6.43. The van der Waals surface area contributed by atoms with E-state index in [1.807, 2.05) is 0 Å². The fraction of sp³-hybridized carbons (Fsp3) is 0. The quantitative estimate of drug-likeness (QED) is 0.685. The maximum Gasteiger partial charge on any atom is 0.178 e. The Labute approximate surface area is 99.0 Å². The van der Waals surface area contributed by atoms with E-state index in [4.69, 9.17) is 46.4 Å². The third kappa shape index (κ3) is 1.61. The minimum atomic E-state index is 0.142. The van der Waals surface area contributed by atoms with Gasteiger partial charge in [-0.25, -0.2) is 4.98 Å². The van der Waals surface area contributed by atoms with Crippen LogP contribution in [0.5, 0.6) is 0 Å². The molecule has 0 aliphatic carbocycles. The molecule has 0 amide bonds. The number of hydrogen-bond acceptors (Lipinski definition) is 3. The van der Waals surface area contributed by atoms with E-state index in [1.54, 1.807) is 6.07 Å². The maximum absolute atomic E-state index is 5.78. The Bertz CT molecular complexity index is 467. The average Bonchev–Trinajstić information content (AvgIpc) is 2.15. The topological polar surface area (TPSA) is 38.7 Å². The van der Waals surface area contributed by atoms with E-state index in [1.165, 1.54) is 0 Å². The molecule has 0 saturated carbocycles. The normalized spacial score (nSPS) is 10.9. The molecule has 3 nitrogen and oxygen atoms in total. The summed E-state index contributed by atoms with van der Waals surface area (Å²) in [6.07, 6.45) is 0. The smallest absolute Gasteiger partial charge is 0.178 e. The summed E-state index contributed by atoms with van der Waals surface area (Å²) in [5.41, 5.74) is 0.390. The first-order chi connectivity index (χ1) is 6.59. The Morgan fingerprint density at radius 1 is 0.857 bits per heavy atom. The summed E-state index contributed by atoms with van der Waals surface area (Å²) in [5, 5.41) is 8.53. The van der Waals surface area contributed by atoms with Crippen molar-refractivity contribution >= 4 is 57.3 Å². The van der Waals surface area contributed by atoms with Gasteiger partial charge in [-0.1, -0.05) is 46.4 Å². The van der Waals surface area contributed by atoms with Gasteiger partial charge in [0.1, 0.15) is 10.7 Å². The largest absolute Gasteiger partial charge is 0.231 e. The number of halogens is 4. The summed E-state index contributed by atoms with van der Waals surface area (Å²) in [5.74, 6) is 0. The summed E-state index contributed by atoms with van der Waals surface area (Å²) in [6.45, 7) is 0. The van der Waals surface area contributed by atoms with E-state index in [2.05, 4.69) is 15.2 Å². The summed E-state index contributed by atoms with van der Waals surface area (Å²) >= 11 is 23.0. The van der Waals surface area contributed by atoms with Crippen molar-refractivity contribution in [2.75, 3.05) is 0 Å². The van der Waals surface area contributed by atoms with Crippen molar-refractivity contribution in [2.24, 2.45) is 0 Å². The molecule has 0 N–H and O–H groups in total. The molecule has 0 aromatic carbocycles. The van der Waals surface area contributed by atoms with Gasteiger partial charge in [-0.15, -0.1) is 10.2 Å². The number of nitrogens with zero attached hydrogens (tertiary/aromatic N) is 3. The van der Waals surface area contributed by atoms with E-state index in [9.17, 15) is 0 Å². The number of fused-ring (bicyclic) bond motifs is 1. The number of hydrogen-bond donors (Lipinski definition) is 0. The van der Waals surface area contributed by atoms with Crippen LogP contribution in [-0.4, -0.2) is 15.2 Å². The molecule has 2 rings (SSSR count). The van der Waals surface area contributed by atoms with Crippen LogP contribution in [0.3, 0.4) is 0 Å². The lowest BCUT2D eigenvalue weighted by atomic mass is 10.3. The van der Waals surface area contributed by atoms with Gasteiger partial charge in [0.25, 0.3) is 0 Å². The first-order valence-corrected chi connectivity index (χ1v) is 4.94. The van der Waals surface area contributed by atoms with Crippen molar-refractivity contribution in [3.05, 3.63) is 26.5 Å². The first kappa shape index (κ1) is 10.2. The molecule has 2 aromatic heterocycles. The van der Waals surface area contributed by atoms with Gasteiger partial charge < -0.3 is 0 Å². The minimum absolute atomic E-state index is 0.142. The maximum atomic E-state index is 5.78. The number of aromatic nitrogens is 3. The molecule has 14 heavy (non-hydrogen) atoms. The second-order valence-electron chi connectivity index (χ2n) is 2.44. The highest BCUT2D eigenvalue weighted by atomic mass is 35.5. The second kappa shape index (κ2) is 3.66. The van der Waals surface area contributed by atoms with Crippen LogP contribution in [0.25, 0.3) is 10.9 Å². The first-order valence-electron chi connectivity index (χ1n) is 3.43. The van der Waals surface area contributed by atoms with Crippen molar-refractivity contribution in [3.63, 3.8) is 0 Å². The van der Waals surface area contributed by atoms with E-state index in [0.717, 1.165) is 0 Å². The van der Waals surface area contributed by atoms with E-state index in [-0.39, 0.29) is 15.5 Å². The van der Waals surface area contributed by atoms with Gasteiger partial charge in [-0.05, 0) is 6.07 Å². The molecule has 0 atom stereocenters. The fourth-order valence-electron chi connectivity index (χ4n) is 0.970. The lowest BCUT2D eigenvalue weighted by Gasteiger charge is -2.01. The van der Waals surface area contributed by atoms with Crippen molar-refractivity contribution < 1.29 is 0 Å². The third-order valence-electron chi connectivity index (χ3n) is 1.58. The van der Waals surface area contributed by atoms with Crippen molar-refractivity contribution in [1.29, 1.82) is 0 Å². The molecule has 2 heterocycles. The molecular formula is C7HCl4N3. The van der Waals surface area contributed by atoms with Crippen LogP contribution < -0.4 is 0 Å². The van der Waals surface area contributed by atoms with Gasteiger partial charge in [0.2, 0.25) is 0 Å². The molecule has 0 saturated heterocycles. The molecule has 0 spiro atoms. The fourth-order valence-corrected chi connectivity index (χ4v) is 1.62. The number of rotatable bonds is 0. The zero-order chi connectivity index (χ0) is 10.3. The van der Waals surface area contributed by atoms with Crippen LogP contribution in [0.2, 0.25) is 20.5 Å². The molecule has 7 heteroatoms. The lowest BCUT2D eigenvalue weighted by molar-refractivity contribution is 1.04. The van der Waals surface area contributed by atoms with Crippen molar-refractivity contribution in [3.8, 4) is 0 Å². The molecule has 0 aliphatic rings. The Morgan fingerprint density at radius 3 is 2.21 bits per heavy atom. The second-order valence-corrected chi connectivity index (χ2v) is 3.92. The Kier molecular flexibility index (Phi) is 2.66. The number of pyridine rings is 1. The molecule has 0 bridgehead atoms. The van der Waals surface area contributed by atoms with Crippen LogP contribution in [0.1, 0.15) is 0 Å². The van der Waals surface area contributed by atoms with Crippen LogP contribution in [-0.2, 0) is 0 Å². The predicted octanol–water partition coefficient (Wildman–Crippen LogP) is 3.64. The standard InChI is InChI=1S/C7HCl4N3/c8-3-1-2-4(12-6(3)10)7(11)14-13-5(2)9/h1H. The molecule has 72 valence electrons. The zero-order valence-corrected chi connectivity index (χ0v) is 9.45. The van der Waals surface area contributed by atoms with Crippen LogP contribution in [0, 0.1) is 0 Å². The summed E-state index contributed by atoms with van der Waals surface area (Å²) in [7, 11) is 0. The Balaban J connectivity index is 2.94. The predicted molar refractivity (Wildman–Crippen MR) is 57.4 cm³/mol. The van der Waals surface area contributed by atoms with Gasteiger partial charge in [0.05, 0.1) is 5.02 Å². The van der Waals surface area contributed by atoms with Crippen LogP contribution >= 0.6 is 46.4 Å². The molecule has 0 fully saturated rings. The van der Waals surface area contributed by atoms with Gasteiger partial charge in [-0.3, -0.25) is 0 Å². The Hall–Kier alpha value is -0.350. The highest BCUT2D eigenvalue weighted by Gasteiger charge is 2.10. The van der Waals surface area contributed by atoms with Crippen LogP contribution in [0.4, 0.5) is 0 Å². The molecule has 0 aliphatic heterocycles. The van der Waals surface area contributed by atoms with Gasteiger partial charge in [-0.2, -0.15) is 0 Å². The average molecular weight is 269 g/mol. The van der Waals surface area contributed by atoms with Gasteiger partial charge >= 0.3 is 0 Å². The van der Waals surface area contributed by atoms with Crippen molar-refractivity contribution in [1.82, 2.24) is 15.2 Å². The molecule has 0 unspecified atom stereocenters. The van der Waals surface area contributed by atoms with Gasteiger partial charge in [0.15, 0.2) is 10.3 Å². The Morgan fingerprint density at radius 2 is 1.50 bits per heavy atom. The third-order valence-corrected chi connectivity index (χ3v) is 2.78. The summed E-state index contributed by atoms with van der Waals surface area (Å²) in [6, 6.07) is 1.55. The van der Waals surface area contributed by atoms with Gasteiger partial charge in [0, 0.05) is 5.39 Å². The monoisotopic (exact) mass is 267 g/mol.